The lowest BCUT2D eigenvalue weighted by Crippen LogP contribution is -2.33. The summed E-state index contributed by atoms with van der Waals surface area (Å²) in [6, 6.07) is 13.8. The van der Waals surface area contributed by atoms with Crippen molar-refractivity contribution in [2.24, 2.45) is 5.92 Å². The Morgan fingerprint density at radius 2 is 2.00 bits per heavy atom. The van der Waals surface area contributed by atoms with E-state index >= 15 is 0 Å². The molecule has 2 aliphatic heterocycles. The molecule has 2 aromatic rings. The fourth-order valence-corrected chi connectivity index (χ4v) is 4.09. The first kappa shape index (κ1) is 21.3. The Kier molecular flexibility index (Phi) is 6.53. The van der Waals surface area contributed by atoms with Crippen LogP contribution >= 0.6 is 11.6 Å². The maximum absolute atomic E-state index is 12.9. The van der Waals surface area contributed by atoms with E-state index in [2.05, 4.69) is 10.6 Å². The molecule has 0 radical (unpaired) electrons. The first-order chi connectivity index (χ1) is 15.0. The van der Waals surface area contributed by atoms with Gasteiger partial charge in [-0.2, -0.15) is 0 Å². The van der Waals surface area contributed by atoms with Crippen molar-refractivity contribution < 1.29 is 19.1 Å². The van der Waals surface area contributed by atoms with Gasteiger partial charge in [0.25, 0.3) is 5.91 Å². The maximum Gasteiger partial charge on any atom is 0.253 e. The van der Waals surface area contributed by atoms with E-state index in [-0.39, 0.29) is 36.8 Å². The van der Waals surface area contributed by atoms with Gasteiger partial charge in [0.1, 0.15) is 0 Å². The van der Waals surface area contributed by atoms with Crippen LogP contribution in [-0.2, 0) is 14.3 Å². The van der Waals surface area contributed by atoms with E-state index in [9.17, 15) is 14.4 Å². The summed E-state index contributed by atoms with van der Waals surface area (Å²) in [4.78, 5) is 39.6. The van der Waals surface area contributed by atoms with Gasteiger partial charge in [0, 0.05) is 36.8 Å². The molecular formula is C23H24ClN3O4. The molecule has 2 N–H and O–H groups in total. The van der Waals surface area contributed by atoms with Crippen LogP contribution in [0.1, 0.15) is 29.6 Å². The third-order valence-electron chi connectivity index (χ3n) is 5.56. The van der Waals surface area contributed by atoms with E-state index < -0.39 is 5.92 Å². The van der Waals surface area contributed by atoms with Crippen LogP contribution in [0.5, 0.6) is 0 Å². The number of hydrogen-bond acceptors (Lipinski definition) is 4. The molecule has 4 rings (SSSR count). The zero-order valence-corrected chi connectivity index (χ0v) is 17.7. The predicted molar refractivity (Wildman–Crippen MR) is 118 cm³/mol. The lowest BCUT2D eigenvalue weighted by molar-refractivity contribution is -0.122. The fraction of sp³-hybridized carbons (Fsp3) is 0.348. The monoisotopic (exact) mass is 441 g/mol. The quantitative estimate of drug-likeness (QED) is 0.720. The van der Waals surface area contributed by atoms with E-state index in [1.807, 2.05) is 0 Å². The summed E-state index contributed by atoms with van der Waals surface area (Å²) < 4.78 is 5.54. The van der Waals surface area contributed by atoms with Gasteiger partial charge in [0.05, 0.1) is 23.3 Å². The molecule has 3 amide bonds. The summed E-state index contributed by atoms with van der Waals surface area (Å²) in [5.74, 6) is -1.22. The van der Waals surface area contributed by atoms with Crippen LogP contribution in [0.2, 0.25) is 5.02 Å². The van der Waals surface area contributed by atoms with Crippen molar-refractivity contribution >= 4 is 40.7 Å². The molecule has 2 unspecified atom stereocenters. The van der Waals surface area contributed by atoms with Crippen LogP contribution in [0.15, 0.2) is 48.5 Å². The molecule has 2 aromatic carbocycles. The molecule has 2 aliphatic rings. The van der Waals surface area contributed by atoms with Crippen LogP contribution in [0.25, 0.3) is 0 Å². The van der Waals surface area contributed by atoms with E-state index in [0.29, 0.717) is 28.5 Å². The summed E-state index contributed by atoms with van der Waals surface area (Å²) in [5, 5.41) is 6.23. The van der Waals surface area contributed by atoms with Crippen molar-refractivity contribution in [3.05, 3.63) is 59.1 Å². The summed E-state index contributed by atoms with van der Waals surface area (Å²) >= 11 is 6.03. The lowest BCUT2D eigenvalue weighted by atomic mass is 10.1. The van der Waals surface area contributed by atoms with Crippen LogP contribution in [0.4, 0.5) is 11.4 Å². The van der Waals surface area contributed by atoms with Crippen LogP contribution in [0.3, 0.4) is 0 Å². The number of ether oxygens (including phenoxy) is 1. The third-order valence-corrected chi connectivity index (χ3v) is 5.79. The minimum Gasteiger partial charge on any atom is -0.376 e. The highest BCUT2D eigenvalue weighted by atomic mass is 35.5. The van der Waals surface area contributed by atoms with E-state index in [4.69, 9.17) is 16.3 Å². The van der Waals surface area contributed by atoms with Gasteiger partial charge in [-0.05, 0) is 43.2 Å². The molecule has 31 heavy (non-hydrogen) atoms. The van der Waals surface area contributed by atoms with Gasteiger partial charge >= 0.3 is 0 Å². The first-order valence-corrected chi connectivity index (χ1v) is 10.7. The summed E-state index contributed by atoms with van der Waals surface area (Å²) in [5.41, 5.74) is 1.47. The number of amides is 3. The Bertz CT molecular complexity index is 990. The van der Waals surface area contributed by atoms with Gasteiger partial charge in [-0.25, -0.2) is 0 Å². The molecule has 2 atom stereocenters. The van der Waals surface area contributed by atoms with E-state index in [0.717, 1.165) is 19.4 Å². The van der Waals surface area contributed by atoms with Gasteiger partial charge in [-0.3, -0.25) is 14.4 Å². The van der Waals surface area contributed by atoms with Crippen molar-refractivity contribution in [2.45, 2.75) is 25.4 Å². The van der Waals surface area contributed by atoms with Crippen LogP contribution in [0, 0.1) is 5.92 Å². The molecule has 162 valence electrons. The lowest BCUT2D eigenvalue weighted by Gasteiger charge is -2.17. The highest BCUT2D eigenvalue weighted by Crippen LogP contribution is 2.28. The molecule has 8 heteroatoms. The van der Waals surface area contributed by atoms with Gasteiger partial charge in [0.2, 0.25) is 11.8 Å². The molecule has 2 heterocycles. The standard InChI is InChI=1S/C23H24ClN3O4/c24-16-5-3-6-17(12-16)27-14-15(11-21(27)28)22(29)26-20-9-2-1-8-19(20)23(30)25-13-18-7-4-10-31-18/h1-3,5-6,8-9,12,15,18H,4,7,10-11,13-14H2,(H,25,30)(H,26,29). The second-order valence-corrected chi connectivity index (χ2v) is 8.20. The number of nitrogens with one attached hydrogen (secondary N) is 2. The molecular weight excluding hydrogens is 418 g/mol. The number of carbonyl (C=O) groups excluding carboxylic acids is 3. The zero-order valence-electron chi connectivity index (χ0n) is 17.0. The number of nitrogens with zero attached hydrogens (tertiary/aromatic N) is 1. The molecule has 0 bridgehead atoms. The molecule has 0 aromatic heterocycles. The number of carbonyl (C=O) groups is 3. The molecule has 0 saturated carbocycles. The highest BCUT2D eigenvalue weighted by Gasteiger charge is 2.35. The molecule has 2 fully saturated rings. The Morgan fingerprint density at radius 1 is 1.16 bits per heavy atom. The van der Waals surface area contributed by atoms with Crippen LogP contribution in [-0.4, -0.2) is 43.5 Å². The van der Waals surface area contributed by atoms with Crippen LogP contribution < -0.4 is 15.5 Å². The molecule has 0 aliphatic carbocycles. The summed E-state index contributed by atoms with van der Waals surface area (Å²) in [6.45, 7) is 1.42. The average Bonchev–Trinajstić information content (AvgIpc) is 3.42. The number of rotatable bonds is 6. The molecule has 2 saturated heterocycles. The summed E-state index contributed by atoms with van der Waals surface area (Å²) in [6.07, 6.45) is 2.07. The van der Waals surface area contributed by atoms with E-state index in [1.165, 1.54) is 0 Å². The van der Waals surface area contributed by atoms with E-state index in [1.54, 1.807) is 53.4 Å². The second kappa shape index (κ2) is 9.49. The average molecular weight is 442 g/mol. The van der Waals surface area contributed by atoms with Gasteiger partial charge in [-0.1, -0.05) is 29.8 Å². The Balaban J connectivity index is 1.40. The normalized spacial score (nSPS) is 20.7. The fourth-order valence-electron chi connectivity index (χ4n) is 3.91. The second-order valence-electron chi connectivity index (χ2n) is 7.77. The van der Waals surface area contributed by atoms with Gasteiger partial charge < -0.3 is 20.3 Å². The minimum atomic E-state index is -0.519. The minimum absolute atomic E-state index is 0.0349. The van der Waals surface area contributed by atoms with Gasteiger partial charge in [0.15, 0.2) is 0 Å². The number of anilines is 2. The maximum atomic E-state index is 12.9. The first-order valence-electron chi connectivity index (χ1n) is 10.4. The predicted octanol–water partition coefficient (Wildman–Crippen LogP) is 3.24. The van der Waals surface area contributed by atoms with Crippen molar-refractivity contribution in [3.8, 4) is 0 Å². The topological polar surface area (TPSA) is 87.7 Å². The number of hydrogen-bond donors (Lipinski definition) is 2. The Labute approximate surface area is 185 Å². The number of benzene rings is 2. The summed E-state index contributed by atoms with van der Waals surface area (Å²) in [7, 11) is 0. The zero-order chi connectivity index (χ0) is 21.8. The van der Waals surface area contributed by atoms with Gasteiger partial charge in [-0.15, -0.1) is 0 Å². The van der Waals surface area contributed by atoms with Crippen molar-refractivity contribution in [2.75, 3.05) is 29.9 Å². The molecule has 0 spiro atoms. The van der Waals surface area contributed by atoms with Crippen molar-refractivity contribution in [1.29, 1.82) is 0 Å². The van der Waals surface area contributed by atoms with Crippen molar-refractivity contribution in [3.63, 3.8) is 0 Å². The smallest absolute Gasteiger partial charge is 0.253 e. The Morgan fingerprint density at radius 3 is 2.77 bits per heavy atom. The molecule has 7 nitrogen and oxygen atoms in total. The Hall–Kier alpha value is -2.90. The SMILES string of the molecule is O=C(NCC1CCCO1)c1ccccc1NC(=O)C1CC(=O)N(c2cccc(Cl)c2)C1. The highest BCUT2D eigenvalue weighted by molar-refractivity contribution is 6.31. The number of para-hydroxylation sites is 1. The largest absolute Gasteiger partial charge is 0.376 e. The number of halogens is 1. The van der Waals surface area contributed by atoms with Crippen molar-refractivity contribution in [1.82, 2.24) is 5.32 Å². The third kappa shape index (κ3) is 5.06.